The third kappa shape index (κ3) is 4.20. The minimum atomic E-state index is -0.845. The van der Waals surface area contributed by atoms with E-state index in [1.807, 2.05) is 13.8 Å². The van der Waals surface area contributed by atoms with E-state index < -0.39 is 18.3 Å². The number of carbonyl (C=O) groups excluding carboxylic acids is 1. The van der Waals surface area contributed by atoms with Gasteiger partial charge in [-0.25, -0.2) is 4.79 Å². The molecule has 2 N–H and O–H groups in total. The van der Waals surface area contributed by atoms with Gasteiger partial charge in [-0.05, 0) is 26.8 Å². The van der Waals surface area contributed by atoms with Crippen LogP contribution in [0.3, 0.4) is 0 Å². The molecule has 0 saturated heterocycles. The first-order valence-electron chi connectivity index (χ1n) is 5.81. The van der Waals surface area contributed by atoms with Gasteiger partial charge in [0.1, 0.15) is 0 Å². The maximum absolute atomic E-state index is 11.6. The Kier molecular flexibility index (Phi) is 5.44. The second-order valence-corrected chi connectivity index (χ2v) is 4.79. The average molecular weight is 272 g/mol. The Morgan fingerprint density at radius 1 is 1.33 bits per heavy atom. The molecular weight excluding hydrogens is 254 g/mol. The fraction of sp³-hybridized carbons (Fsp3) is 0.462. The number of nitrogens with one attached hydrogen (secondary N) is 1. The largest absolute Gasteiger partial charge is 0.439 e. The zero-order valence-electron chi connectivity index (χ0n) is 10.7. The molecule has 1 amide bonds. The van der Waals surface area contributed by atoms with Gasteiger partial charge >= 0.3 is 6.09 Å². The van der Waals surface area contributed by atoms with Gasteiger partial charge in [0.25, 0.3) is 0 Å². The van der Waals surface area contributed by atoms with Crippen LogP contribution in [0.15, 0.2) is 24.3 Å². The normalized spacial score (nSPS) is 14.1. The molecule has 2 unspecified atom stereocenters. The molecule has 0 aliphatic rings. The quantitative estimate of drug-likeness (QED) is 0.885. The highest BCUT2D eigenvalue weighted by Gasteiger charge is 2.24. The van der Waals surface area contributed by atoms with E-state index in [4.69, 9.17) is 16.3 Å². The molecule has 1 rings (SSSR count). The average Bonchev–Trinajstić information content (AvgIpc) is 2.25. The van der Waals surface area contributed by atoms with E-state index in [0.29, 0.717) is 10.6 Å². The van der Waals surface area contributed by atoms with Crippen molar-refractivity contribution in [2.75, 3.05) is 0 Å². The van der Waals surface area contributed by atoms with Crippen molar-refractivity contribution in [2.24, 2.45) is 0 Å². The Labute approximate surface area is 112 Å². The molecule has 0 aliphatic heterocycles. The summed E-state index contributed by atoms with van der Waals surface area (Å²) in [6.07, 6.45) is -2.20. The molecule has 100 valence electrons. The van der Waals surface area contributed by atoms with Crippen LogP contribution >= 0.6 is 11.6 Å². The fourth-order valence-corrected chi connectivity index (χ4v) is 1.76. The number of rotatable bonds is 4. The molecule has 1 aromatic carbocycles. The standard InChI is InChI=1S/C13H18ClNO3/c1-8(2)15-13(17)18-12(9(3)16)10-6-4-5-7-11(10)14/h4-9,12,16H,1-3H3,(H,15,17). The zero-order chi connectivity index (χ0) is 13.7. The summed E-state index contributed by atoms with van der Waals surface area (Å²) in [5, 5.41) is 12.8. The summed E-state index contributed by atoms with van der Waals surface area (Å²) in [6, 6.07) is 6.94. The van der Waals surface area contributed by atoms with E-state index in [-0.39, 0.29) is 6.04 Å². The highest BCUT2D eigenvalue weighted by molar-refractivity contribution is 6.31. The van der Waals surface area contributed by atoms with E-state index in [1.54, 1.807) is 31.2 Å². The first-order valence-corrected chi connectivity index (χ1v) is 6.19. The zero-order valence-corrected chi connectivity index (χ0v) is 11.4. The summed E-state index contributed by atoms with van der Waals surface area (Å²) >= 11 is 6.03. The number of amides is 1. The van der Waals surface area contributed by atoms with Crippen molar-refractivity contribution in [1.82, 2.24) is 5.32 Å². The highest BCUT2D eigenvalue weighted by Crippen LogP contribution is 2.28. The van der Waals surface area contributed by atoms with Crippen molar-refractivity contribution in [1.29, 1.82) is 0 Å². The molecule has 18 heavy (non-hydrogen) atoms. The molecule has 0 aromatic heterocycles. The maximum atomic E-state index is 11.6. The number of halogens is 1. The van der Waals surface area contributed by atoms with Crippen LogP contribution in [0.25, 0.3) is 0 Å². The van der Waals surface area contributed by atoms with Crippen LogP contribution in [-0.4, -0.2) is 23.3 Å². The van der Waals surface area contributed by atoms with Crippen molar-refractivity contribution >= 4 is 17.7 Å². The number of hydrogen-bond donors (Lipinski definition) is 2. The van der Waals surface area contributed by atoms with Crippen molar-refractivity contribution in [3.8, 4) is 0 Å². The topological polar surface area (TPSA) is 58.6 Å². The number of aliphatic hydroxyl groups excluding tert-OH is 1. The molecule has 2 atom stereocenters. The van der Waals surface area contributed by atoms with Gasteiger partial charge in [-0.1, -0.05) is 29.8 Å². The van der Waals surface area contributed by atoms with Crippen molar-refractivity contribution in [3.63, 3.8) is 0 Å². The van der Waals surface area contributed by atoms with Crippen LogP contribution < -0.4 is 5.32 Å². The van der Waals surface area contributed by atoms with Crippen LogP contribution in [0.4, 0.5) is 4.79 Å². The van der Waals surface area contributed by atoms with E-state index in [0.717, 1.165) is 0 Å². The van der Waals surface area contributed by atoms with Crippen LogP contribution in [0, 0.1) is 0 Å². The lowest BCUT2D eigenvalue weighted by atomic mass is 10.1. The predicted octanol–water partition coefficient (Wildman–Crippen LogP) is 2.90. The van der Waals surface area contributed by atoms with Gasteiger partial charge < -0.3 is 15.2 Å². The minimum absolute atomic E-state index is 0.0293. The van der Waals surface area contributed by atoms with Gasteiger partial charge in [-0.15, -0.1) is 0 Å². The summed E-state index contributed by atoms with van der Waals surface area (Å²) in [5.41, 5.74) is 0.591. The number of aliphatic hydroxyl groups is 1. The van der Waals surface area contributed by atoms with E-state index in [2.05, 4.69) is 5.32 Å². The summed E-state index contributed by atoms with van der Waals surface area (Å²) in [5.74, 6) is 0. The molecule has 0 aliphatic carbocycles. The molecule has 0 fully saturated rings. The molecule has 0 bridgehead atoms. The molecule has 0 radical (unpaired) electrons. The molecule has 0 spiro atoms. The van der Waals surface area contributed by atoms with Gasteiger partial charge in [-0.2, -0.15) is 0 Å². The van der Waals surface area contributed by atoms with E-state index in [1.165, 1.54) is 0 Å². The van der Waals surface area contributed by atoms with E-state index >= 15 is 0 Å². The number of hydrogen-bond acceptors (Lipinski definition) is 3. The maximum Gasteiger partial charge on any atom is 0.408 e. The van der Waals surface area contributed by atoms with Crippen molar-refractivity contribution in [3.05, 3.63) is 34.9 Å². The van der Waals surface area contributed by atoms with Crippen molar-refractivity contribution in [2.45, 2.75) is 39.0 Å². The summed E-state index contributed by atoms with van der Waals surface area (Å²) in [7, 11) is 0. The molecule has 5 heteroatoms. The van der Waals surface area contributed by atoms with E-state index in [9.17, 15) is 9.90 Å². The summed E-state index contributed by atoms with van der Waals surface area (Å²) < 4.78 is 5.21. The second kappa shape index (κ2) is 6.61. The SMILES string of the molecule is CC(C)NC(=O)OC(c1ccccc1Cl)C(C)O. The number of benzene rings is 1. The fourth-order valence-electron chi connectivity index (χ4n) is 1.51. The van der Waals surface area contributed by atoms with Gasteiger partial charge in [-0.3, -0.25) is 0 Å². The van der Waals surface area contributed by atoms with Crippen molar-refractivity contribution < 1.29 is 14.6 Å². The smallest absolute Gasteiger partial charge is 0.408 e. The monoisotopic (exact) mass is 271 g/mol. The van der Waals surface area contributed by atoms with Crippen LogP contribution in [0.2, 0.25) is 5.02 Å². The summed E-state index contributed by atoms with van der Waals surface area (Å²) in [6.45, 7) is 5.21. The van der Waals surface area contributed by atoms with Crippen LogP contribution in [0.5, 0.6) is 0 Å². The Bertz CT molecular complexity index is 407. The van der Waals surface area contributed by atoms with Gasteiger partial charge in [0.15, 0.2) is 6.10 Å². The van der Waals surface area contributed by atoms with Gasteiger partial charge in [0.05, 0.1) is 6.10 Å². The first-order chi connectivity index (χ1) is 8.41. The van der Waals surface area contributed by atoms with Gasteiger partial charge in [0, 0.05) is 16.6 Å². The third-order valence-electron chi connectivity index (χ3n) is 2.29. The Morgan fingerprint density at radius 3 is 2.44 bits per heavy atom. The molecule has 0 saturated carbocycles. The third-order valence-corrected chi connectivity index (χ3v) is 2.63. The first kappa shape index (κ1) is 14.8. The molecule has 0 heterocycles. The summed E-state index contributed by atoms with van der Waals surface area (Å²) in [4.78, 5) is 11.6. The Hall–Kier alpha value is -1.26. The highest BCUT2D eigenvalue weighted by atomic mass is 35.5. The van der Waals surface area contributed by atoms with Crippen LogP contribution in [0.1, 0.15) is 32.4 Å². The minimum Gasteiger partial charge on any atom is -0.439 e. The second-order valence-electron chi connectivity index (χ2n) is 4.39. The Balaban J connectivity index is 2.84. The number of carbonyl (C=O) groups is 1. The number of ether oxygens (including phenoxy) is 1. The molecular formula is C13H18ClNO3. The Morgan fingerprint density at radius 2 is 1.94 bits per heavy atom. The lowest BCUT2D eigenvalue weighted by Gasteiger charge is -2.22. The predicted molar refractivity (Wildman–Crippen MR) is 70.6 cm³/mol. The molecule has 4 nitrogen and oxygen atoms in total. The van der Waals surface area contributed by atoms with Crippen LogP contribution in [-0.2, 0) is 4.74 Å². The molecule has 1 aromatic rings. The van der Waals surface area contributed by atoms with Gasteiger partial charge in [0.2, 0.25) is 0 Å². The lowest BCUT2D eigenvalue weighted by molar-refractivity contribution is 0.00995. The number of alkyl carbamates (subject to hydrolysis) is 1. The lowest BCUT2D eigenvalue weighted by Crippen LogP contribution is -2.34.